The quantitative estimate of drug-likeness (QED) is 0.690. The summed E-state index contributed by atoms with van der Waals surface area (Å²) in [4.78, 5) is 21.4. The second kappa shape index (κ2) is 5.30. The highest BCUT2D eigenvalue weighted by atomic mass is 35.5. The van der Waals surface area contributed by atoms with Gasteiger partial charge in [-0.1, -0.05) is 11.6 Å². The van der Waals surface area contributed by atoms with Crippen LogP contribution in [-0.2, 0) is 6.54 Å². The molecule has 0 fully saturated rings. The van der Waals surface area contributed by atoms with Crippen LogP contribution in [0.25, 0.3) is 0 Å². The first-order valence-corrected chi connectivity index (χ1v) is 5.96. The van der Waals surface area contributed by atoms with Gasteiger partial charge in [0.2, 0.25) is 0 Å². The van der Waals surface area contributed by atoms with Gasteiger partial charge in [-0.15, -0.1) is 0 Å². The lowest BCUT2D eigenvalue weighted by molar-refractivity contribution is -0.385. The van der Waals surface area contributed by atoms with E-state index in [9.17, 15) is 14.9 Å². The Morgan fingerprint density at radius 2 is 2.25 bits per heavy atom. The van der Waals surface area contributed by atoms with Crippen LogP contribution < -0.4 is 0 Å². The minimum Gasteiger partial charge on any atom is -0.478 e. The molecule has 0 spiro atoms. The Hall–Kier alpha value is -2.41. The number of hydrogen-bond acceptors (Lipinski definition) is 4. The Morgan fingerprint density at radius 3 is 2.80 bits per heavy atom. The molecular formula is C12H10ClN3O4. The Bertz CT molecular complexity index is 696. The van der Waals surface area contributed by atoms with Gasteiger partial charge in [-0.3, -0.25) is 14.8 Å². The largest absolute Gasteiger partial charge is 0.478 e. The Morgan fingerprint density at radius 1 is 1.55 bits per heavy atom. The average molecular weight is 296 g/mol. The Kier molecular flexibility index (Phi) is 3.71. The van der Waals surface area contributed by atoms with Crippen molar-refractivity contribution in [3.63, 3.8) is 0 Å². The van der Waals surface area contributed by atoms with E-state index in [1.165, 1.54) is 29.1 Å². The van der Waals surface area contributed by atoms with Crippen molar-refractivity contribution in [3.8, 4) is 0 Å². The van der Waals surface area contributed by atoms with E-state index in [1.54, 1.807) is 6.92 Å². The van der Waals surface area contributed by atoms with Crippen LogP contribution in [0.4, 0.5) is 5.69 Å². The maximum atomic E-state index is 11.0. The van der Waals surface area contributed by atoms with Crippen LogP contribution in [0, 0.1) is 17.0 Å². The van der Waals surface area contributed by atoms with E-state index in [0.29, 0.717) is 16.3 Å². The number of aromatic nitrogens is 2. The van der Waals surface area contributed by atoms with Crippen LogP contribution in [0.15, 0.2) is 24.4 Å². The zero-order valence-electron chi connectivity index (χ0n) is 10.4. The number of nitro groups is 1. The number of carboxylic acid groups (broad SMARTS) is 1. The standard InChI is InChI=1S/C12H10ClN3O4/c1-7-10(12(17)18)5-14-15(7)6-8-4-9(13)2-3-11(8)16(19)20/h2-5H,6H2,1H3,(H,17,18). The fraction of sp³-hybridized carbons (Fsp3) is 0.167. The second-order valence-electron chi connectivity index (χ2n) is 4.14. The smallest absolute Gasteiger partial charge is 0.339 e. The van der Waals surface area contributed by atoms with Gasteiger partial charge in [0, 0.05) is 11.1 Å². The Balaban J connectivity index is 2.42. The van der Waals surface area contributed by atoms with Crippen molar-refractivity contribution < 1.29 is 14.8 Å². The Labute approximate surface area is 118 Å². The molecule has 0 unspecified atom stereocenters. The highest BCUT2D eigenvalue weighted by Gasteiger charge is 2.18. The molecule has 0 aliphatic rings. The SMILES string of the molecule is Cc1c(C(=O)O)cnn1Cc1cc(Cl)ccc1[N+](=O)[O-]. The van der Waals surface area contributed by atoms with Crippen molar-refractivity contribution in [1.29, 1.82) is 0 Å². The van der Waals surface area contributed by atoms with E-state index in [1.807, 2.05) is 0 Å². The predicted octanol–water partition coefficient (Wildman–Crippen LogP) is 2.50. The minimum absolute atomic E-state index is 0.0645. The fourth-order valence-electron chi connectivity index (χ4n) is 1.84. The molecule has 1 aromatic heterocycles. The van der Waals surface area contributed by atoms with E-state index in [-0.39, 0.29) is 17.8 Å². The first kappa shape index (κ1) is 14.0. The predicted molar refractivity (Wildman–Crippen MR) is 71.1 cm³/mol. The third-order valence-electron chi connectivity index (χ3n) is 2.89. The average Bonchev–Trinajstić information content (AvgIpc) is 2.71. The van der Waals surface area contributed by atoms with Crippen LogP contribution in [0.3, 0.4) is 0 Å². The number of rotatable bonds is 4. The van der Waals surface area contributed by atoms with Gasteiger partial charge in [0.05, 0.1) is 28.9 Å². The van der Waals surface area contributed by atoms with E-state index < -0.39 is 10.9 Å². The third kappa shape index (κ3) is 2.62. The second-order valence-corrected chi connectivity index (χ2v) is 4.57. The molecule has 8 heteroatoms. The first-order chi connectivity index (χ1) is 9.40. The van der Waals surface area contributed by atoms with Gasteiger partial charge in [0.25, 0.3) is 5.69 Å². The van der Waals surface area contributed by atoms with Gasteiger partial charge in [-0.05, 0) is 19.1 Å². The molecule has 0 bridgehead atoms. The summed E-state index contributed by atoms with van der Waals surface area (Å²) in [5.41, 5.74) is 0.772. The van der Waals surface area contributed by atoms with Crippen LogP contribution in [0.2, 0.25) is 5.02 Å². The van der Waals surface area contributed by atoms with Crippen molar-refractivity contribution in [2.75, 3.05) is 0 Å². The molecule has 2 aromatic rings. The van der Waals surface area contributed by atoms with Crippen molar-refractivity contribution in [1.82, 2.24) is 9.78 Å². The van der Waals surface area contributed by atoms with Gasteiger partial charge in [-0.25, -0.2) is 4.79 Å². The van der Waals surface area contributed by atoms with E-state index in [2.05, 4.69) is 5.10 Å². The zero-order valence-corrected chi connectivity index (χ0v) is 11.2. The molecule has 0 radical (unpaired) electrons. The summed E-state index contributed by atoms with van der Waals surface area (Å²) in [5.74, 6) is -1.09. The molecule has 20 heavy (non-hydrogen) atoms. The lowest BCUT2D eigenvalue weighted by Crippen LogP contribution is -2.07. The molecule has 0 saturated heterocycles. The zero-order chi connectivity index (χ0) is 14.9. The fourth-order valence-corrected chi connectivity index (χ4v) is 2.03. The molecule has 0 aliphatic carbocycles. The number of aromatic carboxylic acids is 1. The summed E-state index contributed by atoms with van der Waals surface area (Å²) in [6, 6.07) is 4.22. The van der Waals surface area contributed by atoms with Gasteiger partial charge < -0.3 is 5.11 Å². The summed E-state index contributed by atoms with van der Waals surface area (Å²) in [6.07, 6.45) is 1.22. The monoisotopic (exact) mass is 295 g/mol. The maximum absolute atomic E-state index is 11.0. The molecule has 0 saturated carbocycles. The van der Waals surface area contributed by atoms with Crippen LogP contribution >= 0.6 is 11.6 Å². The molecule has 0 aliphatic heterocycles. The van der Waals surface area contributed by atoms with Crippen LogP contribution in [0.1, 0.15) is 21.6 Å². The van der Waals surface area contributed by atoms with Gasteiger partial charge in [-0.2, -0.15) is 5.10 Å². The molecule has 7 nitrogen and oxygen atoms in total. The maximum Gasteiger partial charge on any atom is 0.339 e. The molecule has 1 heterocycles. The van der Waals surface area contributed by atoms with Gasteiger partial charge >= 0.3 is 5.97 Å². The third-order valence-corrected chi connectivity index (χ3v) is 3.13. The molecule has 1 N–H and O–H groups in total. The van der Waals surface area contributed by atoms with Crippen molar-refractivity contribution in [2.45, 2.75) is 13.5 Å². The molecule has 1 aromatic carbocycles. The summed E-state index contributed by atoms with van der Waals surface area (Å²) in [7, 11) is 0. The number of nitrogens with zero attached hydrogens (tertiary/aromatic N) is 3. The lowest BCUT2D eigenvalue weighted by Gasteiger charge is -2.06. The normalized spacial score (nSPS) is 10.5. The summed E-state index contributed by atoms with van der Waals surface area (Å²) in [6.45, 7) is 1.67. The number of carbonyl (C=O) groups is 1. The van der Waals surface area contributed by atoms with E-state index >= 15 is 0 Å². The summed E-state index contributed by atoms with van der Waals surface area (Å²) in [5, 5.41) is 24.2. The van der Waals surface area contributed by atoms with Crippen LogP contribution in [0.5, 0.6) is 0 Å². The van der Waals surface area contributed by atoms with E-state index in [0.717, 1.165) is 0 Å². The van der Waals surface area contributed by atoms with Gasteiger partial charge in [0.1, 0.15) is 5.56 Å². The molecule has 104 valence electrons. The number of benzene rings is 1. The number of carboxylic acids is 1. The molecule has 0 amide bonds. The first-order valence-electron chi connectivity index (χ1n) is 5.58. The summed E-state index contributed by atoms with van der Waals surface area (Å²) >= 11 is 5.84. The minimum atomic E-state index is -1.09. The van der Waals surface area contributed by atoms with Crippen LogP contribution in [-0.4, -0.2) is 25.8 Å². The van der Waals surface area contributed by atoms with Gasteiger partial charge in [0.15, 0.2) is 0 Å². The number of halogens is 1. The lowest BCUT2D eigenvalue weighted by atomic mass is 10.1. The topological polar surface area (TPSA) is 98.3 Å². The highest BCUT2D eigenvalue weighted by Crippen LogP contribution is 2.24. The molecular weight excluding hydrogens is 286 g/mol. The number of hydrogen-bond donors (Lipinski definition) is 1. The summed E-state index contributed by atoms with van der Waals surface area (Å²) < 4.78 is 1.39. The molecule has 2 rings (SSSR count). The van der Waals surface area contributed by atoms with E-state index in [4.69, 9.17) is 16.7 Å². The number of nitro benzene ring substituents is 1. The molecule has 0 atom stereocenters. The van der Waals surface area contributed by atoms with Crippen molar-refractivity contribution >= 4 is 23.3 Å². The van der Waals surface area contributed by atoms with Crippen molar-refractivity contribution in [3.05, 3.63) is 56.4 Å². The highest BCUT2D eigenvalue weighted by molar-refractivity contribution is 6.30. The van der Waals surface area contributed by atoms with Crippen molar-refractivity contribution in [2.24, 2.45) is 0 Å².